The molecule has 0 atom stereocenters. The van der Waals surface area contributed by atoms with Crippen molar-refractivity contribution in [3.63, 3.8) is 0 Å². The Balaban J connectivity index is 1.57. The van der Waals surface area contributed by atoms with Crippen LogP contribution in [-0.4, -0.2) is 31.7 Å². The number of carbonyl (C=O) groups excluding carboxylic acids is 1. The number of aromatic nitrogens is 1. The van der Waals surface area contributed by atoms with Gasteiger partial charge in [-0.15, -0.1) is 0 Å². The number of rotatable bonds is 7. The van der Waals surface area contributed by atoms with Crippen molar-refractivity contribution >= 4 is 22.5 Å². The third-order valence-electron chi connectivity index (χ3n) is 3.97. The summed E-state index contributed by atoms with van der Waals surface area (Å²) in [5, 5.41) is 7.02. The molecule has 0 aliphatic carbocycles. The highest BCUT2D eigenvalue weighted by Gasteiger charge is 2.08. The van der Waals surface area contributed by atoms with Gasteiger partial charge in [0.25, 0.3) is 0 Å². The summed E-state index contributed by atoms with van der Waals surface area (Å²) in [5.41, 5.74) is 2.49. The molecule has 2 N–H and O–H groups in total. The van der Waals surface area contributed by atoms with Gasteiger partial charge in [-0.25, -0.2) is 0 Å². The summed E-state index contributed by atoms with van der Waals surface area (Å²) >= 11 is 0. The normalized spacial score (nSPS) is 10.5. The molecule has 0 saturated carbocycles. The first-order valence-electron chi connectivity index (χ1n) is 8.26. The second-order valence-electron chi connectivity index (χ2n) is 5.72. The van der Waals surface area contributed by atoms with Crippen LogP contribution in [0.25, 0.3) is 10.9 Å². The molecule has 2 aromatic carbocycles. The quantitative estimate of drug-likeness (QED) is 0.685. The monoisotopic (exact) mass is 351 g/mol. The number of ether oxygens (including phenoxy) is 2. The van der Waals surface area contributed by atoms with Gasteiger partial charge in [0.05, 0.1) is 32.0 Å². The number of anilines is 1. The highest BCUT2D eigenvalue weighted by Crippen LogP contribution is 2.27. The molecule has 0 unspecified atom stereocenters. The van der Waals surface area contributed by atoms with Gasteiger partial charge in [0.15, 0.2) is 11.5 Å². The molecule has 0 fully saturated rings. The van der Waals surface area contributed by atoms with E-state index in [1.165, 1.54) is 0 Å². The molecule has 6 heteroatoms. The molecule has 0 radical (unpaired) electrons. The van der Waals surface area contributed by atoms with Gasteiger partial charge in [0, 0.05) is 18.1 Å². The van der Waals surface area contributed by atoms with E-state index in [1.807, 2.05) is 48.5 Å². The summed E-state index contributed by atoms with van der Waals surface area (Å²) in [6.07, 6.45) is 1.72. The number of methoxy groups -OCH3 is 2. The minimum atomic E-state index is -0.122. The lowest BCUT2D eigenvalue weighted by Gasteiger charge is -2.11. The SMILES string of the molecule is COc1ccc(CNCC(=O)Nc2cccc3cccnc23)cc1OC. The van der Waals surface area contributed by atoms with Gasteiger partial charge in [-0.2, -0.15) is 0 Å². The Morgan fingerprint density at radius 3 is 2.65 bits per heavy atom. The minimum Gasteiger partial charge on any atom is -0.493 e. The van der Waals surface area contributed by atoms with Gasteiger partial charge >= 0.3 is 0 Å². The van der Waals surface area contributed by atoms with Crippen LogP contribution in [0.1, 0.15) is 5.56 Å². The third-order valence-corrected chi connectivity index (χ3v) is 3.97. The van der Waals surface area contributed by atoms with Gasteiger partial charge in [0.2, 0.25) is 5.91 Å². The molecule has 3 rings (SSSR count). The molecule has 3 aromatic rings. The average Bonchev–Trinajstić information content (AvgIpc) is 2.68. The lowest BCUT2D eigenvalue weighted by atomic mass is 10.2. The van der Waals surface area contributed by atoms with Crippen LogP contribution < -0.4 is 20.1 Å². The van der Waals surface area contributed by atoms with Crippen molar-refractivity contribution in [1.29, 1.82) is 0 Å². The number of carbonyl (C=O) groups is 1. The maximum Gasteiger partial charge on any atom is 0.238 e. The highest BCUT2D eigenvalue weighted by atomic mass is 16.5. The van der Waals surface area contributed by atoms with Crippen LogP contribution >= 0.6 is 0 Å². The number of nitrogens with one attached hydrogen (secondary N) is 2. The van der Waals surface area contributed by atoms with E-state index in [0.29, 0.717) is 23.7 Å². The Morgan fingerprint density at radius 1 is 1.04 bits per heavy atom. The van der Waals surface area contributed by atoms with Crippen LogP contribution in [0.5, 0.6) is 11.5 Å². The van der Waals surface area contributed by atoms with Gasteiger partial charge in [-0.3, -0.25) is 9.78 Å². The minimum absolute atomic E-state index is 0.122. The first-order valence-corrected chi connectivity index (χ1v) is 8.26. The van der Waals surface area contributed by atoms with Crippen molar-refractivity contribution in [2.75, 3.05) is 26.1 Å². The maximum atomic E-state index is 12.2. The van der Waals surface area contributed by atoms with Crippen molar-refractivity contribution in [2.24, 2.45) is 0 Å². The fraction of sp³-hybridized carbons (Fsp3) is 0.200. The predicted octanol–water partition coefficient (Wildman–Crippen LogP) is 2.98. The molecule has 0 spiro atoms. The molecule has 1 heterocycles. The molecule has 0 aliphatic rings. The van der Waals surface area contributed by atoms with E-state index < -0.39 is 0 Å². The zero-order valence-corrected chi connectivity index (χ0v) is 14.8. The van der Waals surface area contributed by atoms with E-state index in [4.69, 9.17) is 9.47 Å². The lowest BCUT2D eigenvalue weighted by molar-refractivity contribution is -0.115. The van der Waals surface area contributed by atoms with E-state index in [2.05, 4.69) is 15.6 Å². The summed E-state index contributed by atoms with van der Waals surface area (Å²) in [6.45, 7) is 0.735. The second-order valence-corrected chi connectivity index (χ2v) is 5.72. The van der Waals surface area contributed by atoms with Crippen molar-refractivity contribution in [3.05, 3.63) is 60.3 Å². The first kappa shape index (κ1) is 17.7. The summed E-state index contributed by atoms with van der Waals surface area (Å²) in [6, 6.07) is 15.2. The van der Waals surface area contributed by atoms with E-state index in [-0.39, 0.29) is 12.5 Å². The molecule has 0 aliphatic heterocycles. The molecular weight excluding hydrogens is 330 g/mol. The fourth-order valence-electron chi connectivity index (χ4n) is 2.71. The fourth-order valence-corrected chi connectivity index (χ4v) is 2.71. The Hall–Kier alpha value is -3.12. The van der Waals surface area contributed by atoms with Crippen LogP contribution in [0.4, 0.5) is 5.69 Å². The van der Waals surface area contributed by atoms with Crippen LogP contribution in [0, 0.1) is 0 Å². The zero-order chi connectivity index (χ0) is 18.4. The molecule has 0 bridgehead atoms. The van der Waals surface area contributed by atoms with E-state index in [9.17, 15) is 4.79 Å². The van der Waals surface area contributed by atoms with Crippen LogP contribution in [-0.2, 0) is 11.3 Å². The van der Waals surface area contributed by atoms with Crippen molar-refractivity contribution < 1.29 is 14.3 Å². The molecule has 1 amide bonds. The van der Waals surface area contributed by atoms with Crippen LogP contribution in [0.3, 0.4) is 0 Å². The zero-order valence-electron chi connectivity index (χ0n) is 14.8. The maximum absolute atomic E-state index is 12.2. The first-order chi connectivity index (χ1) is 12.7. The Kier molecular flexibility index (Phi) is 5.66. The molecule has 1 aromatic heterocycles. The number of hydrogen-bond donors (Lipinski definition) is 2. The van der Waals surface area contributed by atoms with E-state index in [0.717, 1.165) is 16.5 Å². The largest absolute Gasteiger partial charge is 0.493 e. The summed E-state index contributed by atoms with van der Waals surface area (Å²) < 4.78 is 10.5. The number of para-hydroxylation sites is 1. The van der Waals surface area contributed by atoms with Crippen LogP contribution in [0.2, 0.25) is 0 Å². The number of amides is 1. The summed E-state index contributed by atoms with van der Waals surface area (Å²) in [7, 11) is 3.20. The van der Waals surface area contributed by atoms with Gasteiger partial charge in [-0.05, 0) is 29.8 Å². The predicted molar refractivity (Wildman–Crippen MR) is 102 cm³/mol. The van der Waals surface area contributed by atoms with E-state index >= 15 is 0 Å². The lowest BCUT2D eigenvalue weighted by Crippen LogP contribution is -2.27. The molecule has 26 heavy (non-hydrogen) atoms. The molecule has 0 saturated heterocycles. The van der Waals surface area contributed by atoms with Gasteiger partial charge in [-0.1, -0.05) is 24.3 Å². The van der Waals surface area contributed by atoms with E-state index in [1.54, 1.807) is 20.4 Å². The summed E-state index contributed by atoms with van der Waals surface area (Å²) in [5.74, 6) is 1.22. The molecule has 134 valence electrons. The van der Waals surface area contributed by atoms with Crippen molar-refractivity contribution in [3.8, 4) is 11.5 Å². The number of nitrogens with zero attached hydrogens (tertiary/aromatic N) is 1. The Labute approximate surface area is 152 Å². The molecular formula is C20H21N3O3. The van der Waals surface area contributed by atoms with Crippen molar-refractivity contribution in [2.45, 2.75) is 6.54 Å². The van der Waals surface area contributed by atoms with Gasteiger partial charge in [0.1, 0.15) is 0 Å². The second kappa shape index (κ2) is 8.31. The van der Waals surface area contributed by atoms with Gasteiger partial charge < -0.3 is 20.1 Å². The van der Waals surface area contributed by atoms with Crippen molar-refractivity contribution in [1.82, 2.24) is 10.3 Å². The number of fused-ring (bicyclic) bond motifs is 1. The number of benzene rings is 2. The Bertz CT molecular complexity index is 906. The standard InChI is InChI=1S/C20H21N3O3/c1-25-17-9-8-14(11-18(17)26-2)12-21-13-19(24)23-16-7-3-5-15-6-4-10-22-20(15)16/h3-11,21H,12-13H2,1-2H3,(H,23,24). The highest BCUT2D eigenvalue weighted by molar-refractivity contribution is 6.00. The number of hydrogen-bond acceptors (Lipinski definition) is 5. The average molecular weight is 351 g/mol. The summed E-state index contributed by atoms with van der Waals surface area (Å²) in [4.78, 5) is 16.6. The Morgan fingerprint density at radius 2 is 1.85 bits per heavy atom. The molecule has 6 nitrogen and oxygen atoms in total. The smallest absolute Gasteiger partial charge is 0.238 e. The third kappa shape index (κ3) is 4.10. The van der Waals surface area contributed by atoms with Crippen LogP contribution in [0.15, 0.2) is 54.7 Å². The topological polar surface area (TPSA) is 72.5 Å². The number of pyridine rings is 1.